The standard InChI is InChI=1S/C19H21NO5/c1-3-25-16-10-9-14(11-17(16)24-2)15(12-18(21)22)20-19(23)13-7-5-4-6-8-13/h4-11,15H,3,12H2,1-2H3,(H,20,23)(H,21,22)/p-1. The van der Waals surface area contributed by atoms with Gasteiger partial charge in [0.25, 0.3) is 5.91 Å². The summed E-state index contributed by atoms with van der Waals surface area (Å²) in [6, 6.07) is 12.9. The number of hydrogen-bond acceptors (Lipinski definition) is 5. The van der Waals surface area contributed by atoms with E-state index in [2.05, 4.69) is 5.32 Å². The first-order valence-corrected chi connectivity index (χ1v) is 7.91. The van der Waals surface area contributed by atoms with Gasteiger partial charge in [-0.3, -0.25) is 4.79 Å². The molecule has 0 spiro atoms. The molecule has 0 aliphatic rings. The summed E-state index contributed by atoms with van der Waals surface area (Å²) in [7, 11) is 1.50. The van der Waals surface area contributed by atoms with Gasteiger partial charge < -0.3 is 24.7 Å². The molecule has 1 amide bonds. The van der Waals surface area contributed by atoms with Gasteiger partial charge in [0.2, 0.25) is 0 Å². The summed E-state index contributed by atoms with van der Waals surface area (Å²) in [5.41, 5.74) is 1.04. The third-order valence-corrected chi connectivity index (χ3v) is 3.60. The lowest BCUT2D eigenvalue weighted by Gasteiger charge is -2.21. The van der Waals surface area contributed by atoms with Crippen LogP contribution in [0.15, 0.2) is 48.5 Å². The maximum Gasteiger partial charge on any atom is 0.251 e. The van der Waals surface area contributed by atoms with Crippen molar-refractivity contribution < 1.29 is 24.2 Å². The van der Waals surface area contributed by atoms with Crippen LogP contribution in [0.3, 0.4) is 0 Å². The van der Waals surface area contributed by atoms with Crippen LogP contribution < -0.4 is 19.9 Å². The largest absolute Gasteiger partial charge is 0.550 e. The lowest BCUT2D eigenvalue weighted by molar-refractivity contribution is -0.306. The molecule has 6 nitrogen and oxygen atoms in total. The number of hydrogen-bond donors (Lipinski definition) is 1. The van der Waals surface area contributed by atoms with Crippen molar-refractivity contribution in [2.45, 2.75) is 19.4 Å². The fourth-order valence-electron chi connectivity index (χ4n) is 2.43. The van der Waals surface area contributed by atoms with E-state index >= 15 is 0 Å². The first kappa shape index (κ1) is 18.3. The van der Waals surface area contributed by atoms with Crippen molar-refractivity contribution in [2.75, 3.05) is 13.7 Å². The topological polar surface area (TPSA) is 87.7 Å². The van der Waals surface area contributed by atoms with Crippen LogP contribution in [0.2, 0.25) is 0 Å². The van der Waals surface area contributed by atoms with Gasteiger partial charge in [-0.2, -0.15) is 0 Å². The maximum atomic E-state index is 12.4. The summed E-state index contributed by atoms with van der Waals surface area (Å²) in [6.07, 6.45) is -0.351. The smallest absolute Gasteiger partial charge is 0.251 e. The zero-order valence-corrected chi connectivity index (χ0v) is 14.2. The van der Waals surface area contributed by atoms with Gasteiger partial charge in [0.05, 0.1) is 19.8 Å². The monoisotopic (exact) mass is 342 g/mol. The number of carbonyl (C=O) groups excluding carboxylic acids is 2. The molecular weight excluding hydrogens is 322 g/mol. The van der Waals surface area contributed by atoms with Crippen LogP contribution in [0.4, 0.5) is 0 Å². The van der Waals surface area contributed by atoms with E-state index in [9.17, 15) is 14.7 Å². The van der Waals surface area contributed by atoms with Crippen LogP contribution in [0, 0.1) is 0 Å². The number of ether oxygens (including phenoxy) is 2. The minimum absolute atomic E-state index is 0.351. The van der Waals surface area contributed by atoms with E-state index in [0.717, 1.165) is 0 Å². The Hall–Kier alpha value is -3.02. The number of carboxylic acids is 1. The fraction of sp³-hybridized carbons (Fsp3) is 0.263. The van der Waals surface area contributed by atoms with Crippen LogP contribution in [0.25, 0.3) is 0 Å². The predicted octanol–water partition coefficient (Wildman–Crippen LogP) is 1.70. The summed E-state index contributed by atoms with van der Waals surface area (Å²) in [5, 5.41) is 13.8. The molecule has 2 rings (SSSR count). The van der Waals surface area contributed by atoms with Crippen molar-refractivity contribution in [2.24, 2.45) is 0 Å². The number of nitrogens with one attached hydrogen (secondary N) is 1. The molecular formula is C19H20NO5-. The molecule has 0 saturated carbocycles. The molecule has 0 bridgehead atoms. The van der Waals surface area contributed by atoms with E-state index in [1.54, 1.807) is 48.5 Å². The zero-order chi connectivity index (χ0) is 18.2. The van der Waals surface area contributed by atoms with E-state index in [1.165, 1.54) is 7.11 Å². The minimum Gasteiger partial charge on any atom is -0.550 e. The van der Waals surface area contributed by atoms with Crippen molar-refractivity contribution in [1.82, 2.24) is 5.32 Å². The molecule has 132 valence electrons. The number of amides is 1. The third kappa shape index (κ3) is 4.97. The summed E-state index contributed by atoms with van der Waals surface area (Å²) < 4.78 is 10.7. The van der Waals surface area contributed by atoms with Gasteiger partial charge in [0, 0.05) is 18.0 Å². The van der Waals surface area contributed by atoms with Gasteiger partial charge in [-0.15, -0.1) is 0 Å². The third-order valence-electron chi connectivity index (χ3n) is 3.60. The lowest BCUT2D eigenvalue weighted by atomic mass is 10.0. The summed E-state index contributed by atoms with van der Waals surface area (Å²) >= 11 is 0. The SMILES string of the molecule is CCOc1ccc(C(CC(=O)[O-])NC(=O)c2ccccc2)cc1OC. The van der Waals surface area contributed by atoms with E-state index in [1.807, 2.05) is 6.92 Å². The molecule has 1 atom stereocenters. The first-order chi connectivity index (χ1) is 12.0. The average Bonchev–Trinajstić information content (AvgIpc) is 2.62. The summed E-state index contributed by atoms with van der Waals surface area (Å²) in [4.78, 5) is 23.5. The van der Waals surface area contributed by atoms with Crippen LogP contribution in [-0.2, 0) is 4.79 Å². The maximum absolute atomic E-state index is 12.4. The van der Waals surface area contributed by atoms with Gasteiger partial charge in [-0.05, 0) is 36.8 Å². The van der Waals surface area contributed by atoms with Gasteiger partial charge in [-0.1, -0.05) is 24.3 Å². The van der Waals surface area contributed by atoms with Crippen LogP contribution in [0.5, 0.6) is 11.5 Å². The van der Waals surface area contributed by atoms with E-state index in [-0.39, 0.29) is 12.3 Å². The van der Waals surface area contributed by atoms with Gasteiger partial charge in [-0.25, -0.2) is 0 Å². The highest BCUT2D eigenvalue weighted by Gasteiger charge is 2.18. The van der Waals surface area contributed by atoms with Crippen LogP contribution in [0.1, 0.15) is 35.3 Å². The highest BCUT2D eigenvalue weighted by Crippen LogP contribution is 2.31. The number of benzene rings is 2. The number of rotatable bonds is 8. The molecule has 0 aromatic heterocycles. The second-order valence-corrected chi connectivity index (χ2v) is 5.31. The van der Waals surface area contributed by atoms with Crippen molar-refractivity contribution in [3.63, 3.8) is 0 Å². The quantitative estimate of drug-likeness (QED) is 0.789. The molecule has 0 heterocycles. The normalized spacial score (nSPS) is 11.4. The van der Waals surface area contributed by atoms with E-state index < -0.39 is 12.0 Å². The zero-order valence-electron chi connectivity index (χ0n) is 14.2. The summed E-state index contributed by atoms with van der Waals surface area (Å²) in [5.74, 6) is -0.599. The Kier molecular flexibility index (Phi) is 6.39. The van der Waals surface area contributed by atoms with Crippen molar-refractivity contribution in [3.05, 3.63) is 59.7 Å². The van der Waals surface area contributed by atoms with Crippen LogP contribution in [-0.4, -0.2) is 25.6 Å². The molecule has 0 aliphatic heterocycles. The molecule has 0 fully saturated rings. The van der Waals surface area contributed by atoms with Crippen LogP contribution >= 0.6 is 0 Å². The molecule has 6 heteroatoms. The summed E-state index contributed by atoms with van der Waals surface area (Å²) in [6.45, 7) is 2.33. The highest BCUT2D eigenvalue weighted by molar-refractivity contribution is 5.94. The van der Waals surface area contributed by atoms with Crippen molar-refractivity contribution in [3.8, 4) is 11.5 Å². The first-order valence-electron chi connectivity index (χ1n) is 7.91. The Labute approximate surface area is 146 Å². The average molecular weight is 342 g/mol. The number of aliphatic carboxylic acids is 1. The highest BCUT2D eigenvalue weighted by atomic mass is 16.5. The molecule has 1 unspecified atom stereocenters. The molecule has 25 heavy (non-hydrogen) atoms. The molecule has 1 N–H and O–H groups in total. The Balaban J connectivity index is 2.27. The van der Waals surface area contributed by atoms with Gasteiger partial charge in [0.15, 0.2) is 11.5 Å². The second-order valence-electron chi connectivity index (χ2n) is 5.31. The fourth-order valence-corrected chi connectivity index (χ4v) is 2.43. The van der Waals surface area contributed by atoms with E-state index in [0.29, 0.717) is 29.2 Å². The molecule has 0 saturated heterocycles. The van der Waals surface area contributed by atoms with Gasteiger partial charge in [0.1, 0.15) is 0 Å². The van der Waals surface area contributed by atoms with Crippen molar-refractivity contribution in [1.29, 1.82) is 0 Å². The molecule has 2 aromatic carbocycles. The number of carbonyl (C=O) groups is 2. The van der Waals surface area contributed by atoms with Crippen molar-refractivity contribution >= 4 is 11.9 Å². The Morgan fingerprint density at radius 3 is 2.44 bits per heavy atom. The molecule has 0 aliphatic carbocycles. The Morgan fingerprint density at radius 2 is 1.84 bits per heavy atom. The van der Waals surface area contributed by atoms with Gasteiger partial charge >= 0.3 is 0 Å². The second kappa shape index (κ2) is 8.73. The molecule has 2 aromatic rings. The predicted molar refractivity (Wildman–Crippen MR) is 90.4 cm³/mol. The molecule has 0 radical (unpaired) electrons. The lowest BCUT2D eigenvalue weighted by Crippen LogP contribution is -2.34. The minimum atomic E-state index is -1.26. The number of carboxylic acid groups (broad SMARTS) is 1. The number of methoxy groups -OCH3 is 1. The Bertz CT molecular complexity index is 730. The Morgan fingerprint density at radius 1 is 1.12 bits per heavy atom. The van der Waals surface area contributed by atoms with E-state index in [4.69, 9.17) is 9.47 Å².